The molecule has 0 aromatic heterocycles. The molecule has 2 fully saturated rings. The van der Waals surface area contributed by atoms with Crippen molar-refractivity contribution in [2.24, 2.45) is 27.0 Å². The van der Waals surface area contributed by atoms with E-state index in [1.54, 1.807) is 6.08 Å². The maximum atomic E-state index is 14.4. The lowest BCUT2D eigenvalue weighted by molar-refractivity contribution is -0.136. The molecule has 3 rings (SSSR count). The van der Waals surface area contributed by atoms with Crippen molar-refractivity contribution in [3.63, 3.8) is 0 Å². The molecular weight excluding hydrogens is 408 g/mol. The fraction of sp³-hybridized carbons (Fsp3) is 0.500. The van der Waals surface area contributed by atoms with Gasteiger partial charge in [-0.3, -0.25) is 4.79 Å². The Balaban J connectivity index is 1.90. The van der Waals surface area contributed by atoms with Gasteiger partial charge in [0.05, 0.1) is 16.7 Å². The molecule has 0 radical (unpaired) electrons. The quantitative estimate of drug-likeness (QED) is 0.361. The van der Waals surface area contributed by atoms with E-state index < -0.39 is 22.5 Å². The van der Waals surface area contributed by atoms with Crippen LogP contribution in [0.5, 0.6) is 0 Å². The van der Waals surface area contributed by atoms with Crippen LogP contribution in [0.3, 0.4) is 0 Å². The van der Waals surface area contributed by atoms with Gasteiger partial charge < -0.3 is 5.32 Å². The van der Waals surface area contributed by atoms with Crippen LogP contribution in [-0.2, 0) is 4.79 Å². The maximum absolute atomic E-state index is 14.4. The Bertz CT molecular complexity index is 940. The minimum atomic E-state index is -0.724. The largest absolute Gasteiger partial charge is 0.353 e. The predicted molar refractivity (Wildman–Crippen MR) is 124 cm³/mol. The number of rotatable bonds is 7. The number of allylic oxidation sites excluding steroid dienone is 2. The summed E-state index contributed by atoms with van der Waals surface area (Å²) in [5.41, 5.74) is -0.504. The van der Waals surface area contributed by atoms with Gasteiger partial charge in [-0.1, -0.05) is 52.8 Å². The van der Waals surface area contributed by atoms with Gasteiger partial charge in [0, 0.05) is 12.2 Å². The first kappa shape index (κ1) is 24.0. The van der Waals surface area contributed by atoms with Crippen molar-refractivity contribution in [1.82, 2.24) is 5.32 Å². The Kier molecular flexibility index (Phi) is 7.11. The molecule has 4 nitrogen and oxygen atoms in total. The van der Waals surface area contributed by atoms with Gasteiger partial charge >= 0.3 is 0 Å². The van der Waals surface area contributed by atoms with Gasteiger partial charge in [0.2, 0.25) is 5.91 Å². The monoisotopic (exact) mass is 441 g/mol. The number of nitrogens with zero attached hydrogens (tertiary/aromatic N) is 2. The molecule has 32 heavy (non-hydrogen) atoms. The molecule has 0 bridgehead atoms. The smallest absolute Gasteiger partial charge is 0.226 e. The fourth-order valence-corrected chi connectivity index (χ4v) is 5.24. The molecule has 0 heterocycles. The van der Waals surface area contributed by atoms with Crippen LogP contribution < -0.4 is 5.32 Å². The van der Waals surface area contributed by atoms with Crippen LogP contribution in [-0.4, -0.2) is 11.9 Å². The van der Waals surface area contributed by atoms with Crippen molar-refractivity contribution in [2.75, 3.05) is 0 Å². The molecule has 0 saturated heterocycles. The van der Waals surface area contributed by atoms with Crippen LogP contribution in [0.2, 0.25) is 0 Å². The molecule has 1 aromatic rings. The van der Waals surface area contributed by atoms with Gasteiger partial charge in [-0.2, -0.15) is 10.2 Å². The van der Waals surface area contributed by atoms with Crippen LogP contribution >= 0.6 is 0 Å². The second-order valence-corrected chi connectivity index (χ2v) is 9.70. The van der Waals surface area contributed by atoms with Gasteiger partial charge in [0.15, 0.2) is 0 Å². The molecule has 0 spiro atoms. The third-order valence-corrected chi connectivity index (χ3v) is 7.65. The minimum Gasteiger partial charge on any atom is -0.353 e. The zero-order valence-corrected chi connectivity index (χ0v) is 19.3. The highest BCUT2D eigenvalue weighted by atomic mass is 19.1. The molecule has 1 aromatic carbocycles. The van der Waals surface area contributed by atoms with Crippen LogP contribution in [0, 0.1) is 28.4 Å². The van der Waals surface area contributed by atoms with E-state index in [1.165, 1.54) is 24.4 Å². The van der Waals surface area contributed by atoms with Crippen molar-refractivity contribution in [3.05, 3.63) is 66.4 Å². The molecule has 2 aliphatic carbocycles. The van der Waals surface area contributed by atoms with Gasteiger partial charge in [0.1, 0.15) is 11.6 Å². The average Bonchev–Trinajstić information content (AvgIpc) is 3.32. The van der Waals surface area contributed by atoms with E-state index in [1.807, 2.05) is 6.92 Å². The highest BCUT2D eigenvalue weighted by Crippen LogP contribution is 2.58. The minimum absolute atomic E-state index is 0.0466. The summed E-state index contributed by atoms with van der Waals surface area (Å²) in [6.07, 6.45) is 8.64. The Hall–Kier alpha value is -2.63. The number of amides is 1. The maximum Gasteiger partial charge on any atom is 0.226 e. The topological polar surface area (TPSA) is 53.8 Å². The molecule has 2 aliphatic rings. The molecular formula is C26H33F2N3O. The summed E-state index contributed by atoms with van der Waals surface area (Å²) < 4.78 is 28.9. The Labute approximate surface area is 189 Å². The van der Waals surface area contributed by atoms with E-state index in [0.717, 1.165) is 32.1 Å². The fourth-order valence-electron chi connectivity index (χ4n) is 5.24. The normalized spacial score (nSPS) is 25.9. The van der Waals surface area contributed by atoms with Crippen molar-refractivity contribution in [3.8, 4) is 0 Å². The van der Waals surface area contributed by atoms with Crippen LogP contribution in [0.15, 0.2) is 59.4 Å². The number of benzene rings is 1. The van der Waals surface area contributed by atoms with E-state index in [9.17, 15) is 13.6 Å². The van der Waals surface area contributed by atoms with E-state index in [-0.39, 0.29) is 29.1 Å². The standard InChI is InChI=1S/C26H33F2N3O/c1-6-29-31-22(23-20(27)12-9-13-21(23)28)16-17(2)19-14-15-26(5,25(19,3)4)24(32)30-18-10-7-8-11-18/h6,9,12-13,16,18-19H,1-2,7-8,10-11,14-15H2,3-5H3,(H,30,32)/b22-16-,31-29-/t19?,26-/m1/s1. The second kappa shape index (κ2) is 9.47. The van der Waals surface area contributed by atoms with Crippen LogP contribution in [0.4, 0.5) is 8.78 Å². The van der Waals surface area contributed by atoms with Gasteiger partial charge in [-0.05, 0) is 60.8 Å². The molecule has 2 saturated carbocycles. The zero-order chi connectivity index (χ0) is 23.5. The summed E-state index contributed by atoms with van der Waals surface area (Å²) in [5, 5.41) is 11.0. The van der Waals surface area contributed by atoms with Gasteiger partial charge in [-0.25, -0.2) is 8.78 Å². The first-order chi connectivity index (χ1) is 15.1. The highest BCUT2D eigenvalue weighted by Gasteiger charge is 2.56. The summed E-state index contributed by atoms with van der Waals surface area (Å²) in [5.74, 6) is -1.41. The third-order valence-electron chi connectivity index (χ3n) is 7.65. The van der Waals surface area contributed by atoms with Gasteiger partial charge in [-0.15, -0.1) is 0 Å². The summed E-state index contributed by atoms with van der Waals surface area (Å²) >= 11 is 0. The number of carbonyl (C=O) groups is 1. The second-order valence-electron chi connectivity index (χ2n) is 9.70. The average molecular weight is 442 g/mol. The lowest BCUT2D eigenvalue weighted by Crippen LogP contribution is -2.49. The Morgan fingerprint density at radius 3 is 2.38 bits per heavy atom. The lowest BCUT2D eigenvalue weighted by atomic mass is 9.63. The van der Waals surface area contributed by atoms with Crippen molar-refractivity contribution in [1.29, 1.82) is 0 Å². The number of carbonyl (C=O) groups excluding carboxylic acids is 1. The number of hydrogen-bond acceptors (Lipinski definition) is 3. The summed E-state index contributed by atoms with van der Waals surface area (Å²) in [4.78, 5) is 13.3. The Morgan fingerprint density at radius 1 is 1.16 bits per heavy atom. The van der Waals surface area contributed by atoms with Crippen molar-refractivity contribution >= 4 is 11.6 Å². The molecule has 1 unspecified atom stereocenters. The Morgan fingerprint density at radius 2 is 1.78 bits per heavy atom. The number of nitrogens with one attached hydrogen (secondary N) is 1. The summed E-state index contributed by atoms with van der Waals surface area (Å²) in [6, 6.07) is 3.93. The first-order valence-corrected chi connectivity index (χ1v) is 11.3. The molecule has 6 heteroatoms. The number of hydrogen-bond donors (Lipinski definition) is 1. The van der Waals surface area contributed by atoms with Crippen molar-refractivity contribution < 1.29 is 13.6 Å². The molecule has 1 N–H and O–H groups in total. The van der Waals surface area contributed by atoms with E-state index >= 15 is 0 Å². The third kappa shape index (κ3) is 4.45. The first-order valence-electron chi connectivity index (χ1n) is 11.3. The predicted octanol–water partition coefficient (Wildman–Crippen LogP) is 6.96. The SMILES string of the molecule is C=C/N=N\C(=C/C(=C)C1CC[C@](C)(C(=O)NC2CCCC2)C1(C)C)c1c(F)cccc1F. The van der Waals surface area contributed by atoms with Crippen LogP contribution in [0.1, 0.15) is 64.9 Å². The lowest BCUT2D eigenvalue weighted by Gasteiger charge is -2.41. The van der Waals surface area contributed by atoms with E-state index in [2.05, 4.69) is 42.6 Å². The molecule has 2 atom stereocenters. The number of azo groups is 1. The summed E-state index contributed by atoms with van der Waals surface area (Å²) in [7, 11) is 0. The zero-order valence-electron chi connectivity index (χ0n) is 19.3. The van der Waals surface area contributed by atoms with Crippen LogP contribution in [0.25, 0.3) is 5.70 Å². The summed E-state index contributed by atoms with van der Waals surface area (Å²) in [6.45, 7) is 13.9. The molecule has 172 valence electrons. The van der Waals surface area contributed by atoms with Gasteiger partial charge in [0.25, 0.3) is 0 Å². The van der Waals surface area contributed by atoms with E-state index in [4.69, 9.17) is 0 Å². The highest BCUT2D eigenvalue weighted by molar-refractivity contribution is 5.84. The molecule has 1 amide bonds. The van der Waals surface area contributed by atoms with Crippen molar-refractivity contribution in [2.45, 2.75) is 65.3 Å². The number of halogens is 2. The molecule has 0 aliphatic heterocycles. The van der Waals surface area contributed by atoms with E-state index in [0.29, 0.717) is 12.0 Å².